The summed E-state index contributed by atoms with van der Waals surface area (Å²) in [4.78, 5) is 2.49. The van der Waals surface area contributed by atoms with Gasteiger partial charge >= 0.3 is 0 Å². The van der Waals surface area contributed by atoms with Crippen LogP contribution in [0.4, 0.5) is 0 Å². The summed E-state index contributed by atoms with van der Waals surface area (Å²) in [5, 5.41) is 1.22. The van der Waals surface area contributed by atoms with Gasteiger partial charge in [-0.2, -0.15) is 0 Å². The van der Waals surface area contributed by atoms with Crippen molar-refractivity contribution in [3.8, 4) is 0 Å². The molecule has 17 heavy (non-hydrogen) atoms. The van der Waals surface area contributed by atoms with Crippen LogP contribution in [0.1, 0.15) is 32.4 Å². The fourth-order valence-electron chi connectivity index (χ4n) is 2.41. The molecule has 1 fully saturated rings. The maximum absolute atomic E-state index is 5.91. The molecule has 2 heteroatoms. The molecule has 0 saturated carbocycles. The van der Waals surface area contributed by atoms with Gasteiger partial charge in [0.05, 0.1) is 0 Å². The topological polar surface area (TPSA) is 16.4 Å². The van der Waals surface area contributed by atoms with Crippen molar-refractivity contribution in [2.75, 3.05) is 13.1 Å². The number of para-hydroxylation sites is 1. The molecule has 1 aromatic heterocycles. The molecule has 0 aliphatic carbocycles. The van der Waals surface area contributed by atoms with Crippen LogP contribution in [-0.2, 0) is 0 Å². The van der Waals surface area contributed by atoms with Crippen molar-refractivity contribution in [2.24, 2.45) is 0 Å². The van der Waals surface area contributed by atoms with Gasteiger partial charge in [-0.3, -0.25) is 4.90 Å². The Hall–Kier alpha value is -1.28. The second kappa shape index (κ2) is 3.61. The minimum atomic E-state index is 0.280. The molecule has 0 N–H and O–H groups in total. The molecule has 2 nitrogen and oxygen atoms in total. The molecule has 1 aliphatic rings. The van der Waals surface area contributed by atoms with E-state index in [9.17, 15) is 0 Å². The van der Waals surface area contributed by atoms with Crippen LogP contribution in [0, 0.1) is 0 Å². The van der Waals surface area contributed by atoms with Gasteiger partial charge in [0, 0.05) is 29.9 Å². The maximum Gasteiger partial charge on any atom is 0.134 e. The number of hydrogen-bond donors (Lipinski definition) is 0. The van der Waals surface area contributed by atoms with Gasteiger partial charge in [0.2, 0.25) is 0 Å². The van der Waals surface area contributed by atoms with E-state index in [1.54, 1.807) is 0 Å². The molecule has 0 bridgehead atoms. The van der Waals surface area contributed by atoms with Crippen molar-refractivity contribution in [3.05, 3.63) is 36.1 Å². The van der Waals surface area contributed by atoms with Crippen LogP contribution in [0.2, 0.25) is 0 Å². The number of rotatable bonds is 1. The van der Waals surface area contributed by atoms with Gasteiger partial charge in [-0.1, -0.05) is 18.2 Å². The Labute approximate surface area is 102 Å². The molecular formula is C15H19NO. The third-order valence-corrected chi connectivity index (χ3v) is 3.68. The fourth-order valence-corrected chi connectivity index (χ4v) is 2.41. The molecule has 0 radical (unpaired) electrons. The SMILES string of the molecule is CC(C)(C)N1CC(c2cc3ccccc3o2)C1. The second-order valence-corrected chi connectivity index (χ2v) is 5.96. The molecule has 2 aromatic rings. The summed E-state index contributed by atoms with van der Waals surface area (Å²) in [6.45, 7) is 9.03. The highest BCUT2D eigenvalue weighted by Crippen LogP contribution is 2.35. The highest BCUT2D eigenvalue weighted by molar-refractivity contribution is 5.77. The first kappa shape index (κ1) is 10.8. The number of hydrogen-bond acceptors (Lipinski definition) is 2. The summed E-state index contributed by atoms with van der Waals surface area (Å²) < 4.78 is 5.91. The van der Waals surface area contributed by atoms with Gasteiger partial charge in [-0.15, -0.1) is 0 Å². The van der Waals surface area contributed by atoms with E-state index in [2.05, 4.69) is 43.9 Å². The minimum Gasteiger partial charge on any atom is -0.461 e. The van der Waals surface area contributed by atoms with E-state index in [0.29, 0.717) is 5.92 Å². The molecule has 3 rings (SSSR count). The second-order valence-electron chi connectivity index (χ2n) is 5.96. The first-order chi connectivity index (χ1) is 8.04. The predicted octanol–water partition coefficient (Wildman–Crippen LogP) is 3.63. The normalized spacial score (nSPS) is 18.5. The van der Waals surface area contributed by atoms with Crippen molar-refractivity contribution < 1.29 is 4.42 Å². The van der Waals surface area contributed by atoms with Crippen molar-refractivity contribution in [1.82, 2.24) is 4.90 Å². The molecule has 1 aliphatic heterocycles. The van der Waals surface area contributed by atoms with Crippen LogP contribution >= 0.6 is 0 Å². The van der Waals surface area contributed by atoms with E-state index in [0.717, 1.165) is 24.4 Å². The molecule has 0 unspecified atom stereocenters. The molecule has 2 heterocycles. The first-order valence-electron chi connectivity index (χ1n) is 6.27. The van der Waals surface area contributed by atoms with Gasteiger partial charge in [-0.25, -0.2) is 0 Å². The zero-order chi connectivity index (χ0) is 12.0. The first-order valence-corrected chi connectivity index (χ1v) is 6.27. The summed E-state index contributed by atoms with van der Waals surface area (Å²) in [5.74, 6) is 1.72. The Bertz CT molecular complexity index is 496. The third-order valence-electron chi connectivity index (χ3n) is 3.68. The molecule has 90 valence electrons. The zero-order valence-corrected chi connectivity index (χ0v) is 10.7. The van der Waals surface area contributed by atoms with E-state index >= 15 is 0 Å². The van der Waals surface area contributed by atoms with Crippen LogP contribution in [0.5, 0.6) is 0 Å². The lowest BCUT2D eigenvalue weighted by molar-refractivity contribution is 0.0401. The van der Waals surface area contributed by atoms with Crippen molar-refractivity contribution in [1.29, 1.82) is 0 Å². The summed E-state index contributed by atoms with van der Waals surface area (Å²) in [5.41, 5.74) is 1.29. The van der Waals surface area contributed by atoms with E-state index in [1.165, 1.54) is 5.39 Å². The third kappa shape index (κ3) is 1.87. The van der Waals surface area contributed by atoms with Gasteiger partial charge in [0.1, 0.15) is 11.3 Å². The Kier molecular flexibility index (Phi) is 2.30. The Morgan fingerprint density at radius 1 is 1.18 bits per heavy atom. The van der Waals surface area contributed by atoms with E-state index in [4.69, 9.17) is 4.42 Å². The lowest BCUT2D eigenvalue weighted by atomic mass is 9.91. The quantitative estimate of drug-likeness (QED) is 0.742. The van der Waals surface area contributed by atoms with E-state index < -0.39 is 0 Å². The summed E-state index contributed by atoms with van der Waals surface area (Å²) in [6, 6.07) is 10.4. The van der Waals surface area contributed by atoms with Crippen molar-refractivity contribution in [3.63, 3.8) is 0 Å². The van der Waals surface area contributed by atoms with Crippen molar-refractivity contribution >= 4 is 11.0 Å². The van der Waals surface area contributed by atoms with Crippen LogP contribution in [0.15, 0.2) is 34.7 Å². The minimum absolute atomic E-state index is 0.280. The smallest absolute Gasteiger partial charge is 0.134 e. The molecule has 0 amide bonds. The monoisotopic (exact) mass is 229 g/mol. The predicted molar refractivity (Wildman–Crippen MR) is 70.3 cm³/mol. The number of nitrogens with zero attached hydrogens (tertiary/aromatic N) is 1. The molecule has 1 saturated heterocycles. The summed E-state index contributed by atoms with van der Waals surface area (Å²) in [6.07, 6.45) is 0. The average molecular weight is 229 g/mol. The van der Waals surface area contributed by atoms with Gasteiger partial charge in [-0.05, 0) is 32.9 Å². The lowest BCUT2D eigenvalue weighted by Crippen LogP contribution is -2.54. The van der Waals surface area contributed by atoms with Gasteiger partial charge in [0.25, 0.3) is 0 Å². The van der Waals surface area contributed by atoms with Crippen LogP contribution < -0.4 is 0 Å². The number of furan rings is 1. The maximum atomic E-state index is 5.91. The highest BCUT2D eigenvalue weighted by atomic mass is 16.3. The average Bonchev–Trinajstić information content (AvgIpc) is 2.55. The molecule has 1 aromatic carbocycles. The van der Waals surface area contributed by atoms with Crippen LogP contribution in [0.25, 0.3) is 11.0 Å². The molecule has 0 atom stereocenters. The lowest BCUT2D eigenvalue weighted by Gasteiger charge is -2.46. The van der Waals surface area contributed by atoms with Gasteiger partial charge in [0.15, 0.2) is 0 Å². The van der Waals surface area contributed by atoms with E-state index in [1.807, 2.05) is 12.1 Å². The standard InChI is InChI=1S/C15H19NO/c1-15(2,3)16-9-12(10-16)14-8-11-6-4-5-7-13(11)17-14/h4-8,12H,9-10H2,1-3H3. The zero-order valence-electron chi connectivity index (χ0n) is 10.7. The molecular weight excluding hydrogens is 210 g/mol. The Balaban J connectivity index is 1.79. The number of benzene rings is 1. The summed E-state index contributed by atoms with van der Waals surface area (Å²) in [7, 11) is 0. The largest absolute Gasteiger partial charge is 0.461 e. The van der Waals surface area contributed by atoms with Gasteiger partial charge < -0.3 is 4.42 Å². The Morgan fingerprint density at radius 3 is 2.53 bits per heavy atom. The number of fused-ring (bicyclic) bond motifs is 1. The van der Waals surface area contributed by atoms with Crippen LogP contribution in [-0.4, -0.2) is 23.5 Å². The van der Waals surface area contributed by atoms with E-state index in [-0.39, 0.29) is 5.54 Å². The summed E-state index contributed by atoms with van der Waals surface area (Å²) >= 11 is 0. The van der Waals surface area contributed by atoms with Crippen LogP contribution in [0.3, 0.4) is 0 Å². The molecule has 0 spiro atoms. The highest BCUT2D eigenvalue weighted by Gasteiger charge is 2.36. The van der Waals surface area contributed by atoms with Crippen molar-refractivity contribution in [2.45, 2.75) is 32.2 Å². The Morgan fingerprint density at radius 2 is 1.88 bits per heavy atom. The fraction of sp³-hybridized carbons (Fsp3) is 0.467. The number of likely N-dealkylation sites (tertiary alicyclic amines) is 1.